The van der Waals surface area contributed by atoms with E-state index in [-0.39, 0.29) is 18.4 Å². The Kier molecular flexibility index (Phi) is 7.82. The molecule has 9 heteroatoms. The van der Waals surface area contributed by atoms with Gasteiger partial charge in [-0.3, -0.25) is 4.79 Å². The number of likely N-dealkylation sites (tertiary alicyclic amines) is 1. The summed E-state index contributed by atoms with van der Waals surface area (Å²) in [5.74, 6) is 0.528. The predicted octanol–water partition coefficient (Wildman–Crippen LogP) is 2.06. The maximum Gasteiger partial charge on any atom is 0.255 e. The number of nitrogens with one attached hydrogen (secondary N) is 1. The third-order valence-electron chi connectivity index (χ3n) is 5.12. The molecule has 1 fully saturated rings. The molecule has 28 heavy (non-hydrogen) atoms. The first-order valence-electron chi connectivity index (χ1n) is 9.58. The standard InChI is InChI=1S/C19H26BrClN2O5/c20-16-14(21)9-13(17-18(16)28-8-2-7-27-17)19(26)22-10-12-3-5-23(4-1-6-24)11-15(12)25/h9,12,15,24-25H,1-8,10-11H2,(H,22,26)/t12?,15-/m1/s1. The lowest BCUT2D eigenvalue weighted by atomic mass is 9.93. The first-order valence-corrected chi connectivity index (χ1v) is 10.8. The number of ether oxygens (including phenoxy) is 2. The van der Waals surface area contributed by atoms with Crippen molar-refractivity contribution in [2.75, 3.05) is 46.0 Å². The minimum Gasteiger partial charge on any atom is -0.489 e. The van der Waals surface area contributed by atoms with Crippen molar-refractivity contribution >= 4 is 33.4 Å². The van der Waals surface area contributed by atoms with Crippen LogP contribution in [0.4, 0.5) is 0 Å². The van der Waals surface area contributed by atoms with E-state index in [1.54, 1.807) is 6.07 Å². The number of aliphatic hydroxyl groups excluding tert-OH is 2. The predicted molar refractivity (Wildman–Crippen MR) is 109 cm³/mol. The summed E-state index contributed by atoms with van der Waals surface area (Å²) in [7, 11) is 0. The van der Waals surface area contributed by atoms with E-state index in [4.69, 9.17) is 26.2 Å². The van der Waals surface area contributed by atoms with Crippen LogP contribution in [0.25, 0.3) is 0 Å². The maximum absolute atomic E-state index is 12.8. The van der Waals surface area contributed by atoms with Gasteiger partial charge in [0.15, 0.2) is 11.5 Å². The molecule has 1 saturated heterocycles. The number of nitrogens with zero attached hydrogens (tertiary/aromatic N) is 1. The van der Waals surface area contributed by atoms with Crippen molar-refractivity contribution in [2.45, 2.75) is 25.4 Å². The number of aliphatic hydroxyl groups is 2. The van der Waals surface area contributed by atoms with E-state index in [0.717, 1.165) is 25.9 Å². The normalized spacial score (nSPS) is 22.6. The van der Waals surface area contributed by atoms with E-state index < -0.39 is 6.10 Å². The molecule has 0 saturated carbocycles. The second-order valence-corrected chi connectivity index (χ2v) is 8.33. The molecule has 156 valence electrons. The van der Waals surface area contributed by atoms with Crippen LogP contribution in [0.1, 0.15) is 29.6 Å². The molecule has 2 atom stereocenters. The number of hydrogen-bond donors (Lipinski definition) is 3. The van der Waals surface area contributed by atoms with Crippen LogP contribution in [0.2, 0.25) is 5.02 Å². The average Bonchev–Trinajstić information content (AvgIpc) is 2.94. The Bertz CT molecular complexity index is 705. The van der Waals surface area contributed by atoms with Crippen molar-refractivity contribution < 1.29 is 24.5 Å². The van der Waals surface area contributed by atoms with E-state index in [1.807, 2.05) is 0 Å². The summed E-state index contributed by atoms with van der Waals surface area (Å²) in [5, 5.41) is 22.6. The van der Waals surface area contributed by atoms with Crippen LogP contribution in [0, 0.1) is 5.92 Å². The Morgan fingerprint density at radius 3 is 2.82 bits per heavy atom. The fraction of sp³-hybridized carbons (Fsp3) is 0.632. The maximum atomic E-state index is 12.8. The number of β-amino-alcohol motifs (C(OH)–C–C–N with tert-alkyl or cyclic N) is 1. The van der Waals surface area contributed by atoms with Gasteiger partial charge >= 0.3 is 0 Å². The van der Waals surface area contributed by atoms with Gasteiger partial charge in [0.1, 0.15) is 0 Å². The molecule has 1 aromatic carbocycles. The Balaban J connectivity index is 1.63. The van der Waals surface area contributed by atoms with Crippen LogP contribution in [0.15, 0.2) is 10.5 Å². The molecule has 2 aliphatic heterocycles. The number of piperidine rings is 1. The topological polar surface area (TPSA) is 91.3 Å². The Morgan fingerprint density at radius 1 is 1.36 bits per heavy atom. The third kappa shape index (κ3) is 5.10. The lowest BCUT2D eigenvalue weighted by molar-refractivity contribution is 0.0201. The smallest absolute Gasteiger partial charge is 0.255 e. The van der Waals surface area contributed by atoms with Gasteiger partial charge in [0.05, 0.1) is 34.4 Å². The minimum atomic E-state index is -0.516. The number of fused-ring (bicyclic) bond motifs is 1. The second-order valence-electron chi connectivity index (χ2n) is 7.13. The van der Waals surface area contributed by atoms with E-state index in [9.17, 15) is 9.90 Å². The van der Waals surface area contributed by atoms with Crippen molar-refractivity contribution in [1.82, 2.24) is 10.2 Å². The number of amides is 1. The fourth-order valence-electron chi connectivity index (χ4n) is 3.53. The molecule has 0 radical (unpaired) electrons. The van der Waals surface area contributed by atoms with E-state index >= 15 is 0 Å². The van der Waals surface area contributed by atoms with Gasteiger partial charge in [0, 0.05) is 38.6 Å². The summed E-state index contributed by atoms with van der Waals surface area (Å²) in [6.07, 6.45) is 1.69. The SMILES string of the molecule is O=C(NCC1CCN(CCCO)C[C@H]1O)c1cc(Cl)c(Br)c2c1OCCCO2. The van der Waals surface area contributed by atoms with Gasteiger partial charge in [-0.1, -0.05) is 11.6 Å². The molecule has 7 nitrogen and oxygen atoms in total. The van der Waals surface area contributed by atoms with E-state index in [2.05, 4.69) is 26.1 Å². The van der Waals surface area contributed by atoms with Crippen LogP contribution < -0.4 is 14.8 Å². The van der Waals surface area contributed by atoms with Crippen LogP contribution in [0.3, 0.4) is 0 Å². The summed E-state index contributed by atoms with van der Waals surface area (Å²) < 4.78 is 12.0. The van der Waals surface area contributed by atoms with Crippen LogP contribution in [0.5, 0.6) is 11.5 Å². The zero-order valence-corrected chi connectivity index (χ0v) is 18.0. The molecular formula is C19H26BrClN2O5. The quantitative estimate of drug-likeness (QED) is 0.581. The molecule has 1 aromatic rings. The molecule has 0 aliphatic carbocycles. The van der Waals surface area contributed by atoms with Gasteiger partial charge < -0.3 is 29.9 Å². The molecule has 0 aromatic heterocycles. The molecule has 3 N–H and O–H groups in total. The Morgan fingerprint density at radius 2 is 2.11 bits per heavy atom. The van der Waals surface area contributed by atoms with Gasteiger partial charge in [-0.05, 0) is 41.4 Å². The number of rotatable bonds is 6. The number of hydrogen-bond acceptors (Lipinski definition) is 6. The Labute approximate surface area is 178 Å². The highest BCUT2D eigenvalue weighted by molar-refractivity contribution is 9.10. The highest BCUT2D eigenvalue weighted by Crippen LogP contribution is 2.44. The first kappa shape index (κ1) is 21.6. The molecule has 2 aliphatic rings. The zero-order valence-electron chi connectivity index (χ0n) is 15.6. The molecule has 2 heterocycles. The van der Waals surface area contributed by atoms with Crippen molar-refractivity contribution in [1.29, 1.82) is 0 Å². The lowest BCUT2D eigenvalue weighted by Crippen LogP contribution is -2.47. The van der Waals surface area contributed by atoms with Gasteiger partial charge in [-0.25, -0.2) is 0 Å². The van der Waals surface area contributed by atoms with Crippen molar-refractivity contribution in [3.63, 3.8) is 0 Å². The van der Waals surface area contributed by atoms with E-state index in [0.29, 0.717) is 59.3 Å². The summed E-state index contributed by atoms with van der Waals surface area (Å²) in [6, 6.07) is 1.57. The molecule has 0 spiro atoms. The molecular weight excluding hydrogens is 452 g/mol. The molecule has 3 rings (SSSR count). The monoisotopic (exact) mass is 476 g/mol. The van der Waals surface area contributed by atoms with Crippen LogP contribution in [-0.2, 0) is 0 Å². The molecule has 1 unspecified atom stereocenters. The van der Waals surface area contributed by atoms with Gasteiger partial charge in [0.25, 0.3) is 5.91 Å². The number of carbonyl (C=O) groups is 1. The van der Waals surface area contributed by atoms with Gasteiger partial charge in [-0.15, -0.1) is 0 Å². The molecule has 0 bridgehead atoms. The summed E-state index contributed by atoms with van der Waals surface area (Å²) in [4.78, 5) is 14.9. The van der Waals surface area contributed by atoms with Crippen molar-refractivity contribution in [3.05, 3.63) is 21.1 Å². The van der Waals surface area contributed by atoms with Gasteiger partial charge in [0.2, 0.25) is 0 Å². The van der Waals surface area contributed by atoms with Crippen molar-refractivity contribution in [3.8, 4) is 11.5 Å². The first-order chi connectivity index (χ1) is 13.5. The largest absolute Gasteiger partial charge is 0.489 e. The summed E-state index contributed by atoms with van der Waals surface area (Å²) >= 11 is 9.65. The van der Waals surface area contributed by atoms with Crippen molar-refractivity contribution in [2.24, 2.45) is 5.92 Å². The highest BCUT2D eigenvalue weighted by Gasteiger charge is 2.29. The van der Waals surface area contributed by atoms with Gasteiger partial charge in [-0.2, -0.15) is 0 Å². The average molecular weight is 478 g/mol. The summed E-state index contributed by atoms with van der Waals surface area (Å²) in [5.41, 5.74) is 0.333. The van der Waals surface area contributed by atoms with E-state index in [1.165, 1.54) is 0 Å². The third-order valence-corrected chi connectivity index (χ3v) is 6.43. The van der Waals surface area contributed by atoms with Crippen LogP contribution in [-0.4, -0.2) is 73.1 Å². The number of halogens is 2. The minimum absolute atomic E-state index is 0.0176. The number of carbonyl (C=O) groups excluding carboxylic acids is 1. The number of benzene rings is 1. The highest BCUT2D eigenvalue weighted by atomic mass is 79.9. The second kappa shape index (κ2) is 10.1. The zero-order chi connectivity index (χ0) is 20.1. The Hall–Kier alpha value is -1.06. The lowest BCUT2D eigenvalue weighted by Gasteiger charge is -2.36. The fourth-order valence-corrected chi connectivity index (χ4v) is 4.14. The van der Waals surface area contributed by atoms with Crippen LogP contribution >= 0.6 is 27.5 Å². The summed E-state index contributed by atoms with van der Waals surface area (Å²) in [6.45, 7) is 3.65. The molecule has 1 amide bonds.